The third kappa shape index (κ3) is 4.11. The van der Waals surface area contributed by atoms with E-state index in [-0.39, 0.29) is 17.7 Å². The van der Waals surface area contributed by atoms with E-state index in [9.17, 15) is 14.4 Å². The third-order valence-electron chi connectivity index (χ3n) is 4.92. The highest BCUT2D eigenvalue weighted by Crippen LogP contribution is 2.22. The summed E-state index contributed by atoms with van der Waals surface area (Å²) in [6.45, 7) is 7.58. The molecule has 0 aromatic heterocycles. The molecule has 140 valence electrons. The lowest BCUT2D eigenvalue weighted by atomic mass is 10.1. The van der Waals surface area contributed by atoms with E-state index < -0.39 is 0 Å². The molecule has 2 aliphatic rings. The second kappa shape index (κ2) is 8.42. The van der Waals surface area contributed by atoms with Crippen molar-refractivity contribution < 1.29 is 14.4 Å². The molecule has 7 heteroatoms. The Labute approximate surface area is 153 Å². The number of nitrogens with zero attached hydrogens (tertiary/aromatic N) is 3. The molecule has 1 aromatic rings. The van der Waals surface area contributed by atoms with Crippen molar-refractivity contribution in [2.75, 3.05) is 52.4 Å². The van der Waals surface area contributed by atoms with Gasteiger partial charge in [0.05, 0.1) is 17.7 Å². The van der Waals surface area contributed by atoms with Gasteiger partial charge in [-0.2, -0.15) is 0 Å². The number of hydrogen-bond acceptors (Lipinski definition) is 5. The van der Waals surface area contributed by atoms with Crippen molar-refractivity contribution in [3.8, 4) is 0 Å². The minimum Gasteiger partial charge on any atom is -0.355 e. The van der Waals surface area contributed by atoms with Gasteiger partial charge in [0, 0.05) is 45.8 Å². The molecule has 2 heterocycles. The van der Waals surface area contributed by atoms with Crippen molar-refractivity contribution in [3.63, 3.8) is 0 Å². The molecule has 0 unspecified atom stereocenters. The number of hydrogen-bond donors (Lipinski definition) is 1. The van der Waals surface area contributed by atoms with Crippen LogP contribution in [-0.4, -0.2) is 84.8 Å². The zero-order valence-electron chi connectivity index (χ0n) is 15.2. The van der Waals surface area contributed by atoms with Crippen LogP contribution in [0.5, 0.6) is 0 Å². The summed E-state index contributed by atoms with van der Waals surface area (Å²) in [5, 5.41) is 2.90. The molecule has 0 atom stereocenters. The van der Waals surface area contributed by atoms with Gasteiger partial charge in [-0.05, 0) is 18.6 Å². The third-order valence-corrected chi connectivity index (χ3v) is 4.92. The fourth-order valence-electron chi connectivity index (χ4n) is 3.38. The summed E-state index contributed by atoms with van der Waals surface area (Å²) in [7, 11) is 0. The van der Waals surface area contributed by atoms with Gasteiger partial charge >= 0.3 is 0 Å². The summed E-state index contributed by atoms with van der Waals surface area (Å²) < 4.78 is 0. The Balaban J connectivity index is 1.43. The van der Waals surface area contributed by atoms with Crippen LogP contribution in [0.15, 0.2) is 24.3 Å². The van der Waals surface area contributed by atoms with Crippen molar-refractivity contribution >= 4 is 17.7 Å². The molecule has 0 aliphatic carbocycles. The maximum atomic E-state index is 12.4. The summed E-state index contributed by atoms with van der Waals surface area (Å²) in [5.41, 5.74) is 1.00. The molecule has 0 radical (unpaired) electrons. The van der Waals surface area contributed by atoms with E-state index in [1.807, 2.05) is 6.92 Å². The van der Waals surface area contributed by atoms with Gasteiger partial charge in [-0.1, -0.05) is 19.1 Å². The molecule has 1 saturated heterocycles. The van der Waals surface area contributed by atoms with Gasteiger partial charge in [0.25, 0.3) is 11.8 Å². The second-order valence-electron chi connectivity index (χ2n) is 6.78. The molecular formula is C19H26N4O3. The predicted molar refractivity (Wildman–Crippen MR) is 98.0 cm³/mol. The maximum absolute atomic E-state index is 12.4. The molecule has 1 fully saturated rings. The summed E-state index contributed by atoms with van der Waals surface area (Å²) in [6.07, 6.45) is 0.942. The Morgan fingerprint density at radius 1 is 0.962 bits per heavy atom. The Morgan fingerprint density at radius 2 is 1.54 bits per heavy atom. The molecule has 0 bridgehead atoms. The number of nitrogens with one attached hydrogen (secondary N) is 1. The Bertz CT molecular complexity index is 648. The largest absolute Gasteiger partial charge is 0.355 e. The number of imide groups is 1. The lowest BCUT2D eigenvalue weighted by Gasteiger charge is -2.34. The van der Waals surface area contributed by atoms with Crippen LogP contribution < -0.4 is 5.32 Å². The Hall–Kier alpha value is -2.25. The maximum Gasteiger partial charge on any atom is 0.261 e. The van der Waals surface area contributed by atoms with Gasteiger partial charge in [-0.15, -0.1) is 0 Å². The number of rotatable bonds is 7. The van der Waals surface area contributed by atoms with E-state index in [0.717, 1.165) is 39.1 Å². The first-order valence-electron chi connectivity index (χ1n) is 9.26. The van der Waals surface area contributed by atoms with Crippen molar-refractivity contribution in [1.29, 1.82) is 0 Å². The fourth-order valence-corrected chi connectivity index (χ4v) is 3.38. The molecular weight excluding hydrogens is 332 g/mol. The van der Waals surface area contributed by atoms with Crippen LogP contribution >= 0.6 is 0 Å². The molecule has 0 saturated carbocycles. The van der Waals surface area contributed by atoms with Crippen LogP contribution in [0.3, 0.4) is 0 Å². The number of benzene rings is 1. The van der Waals surface area contributed by atoms with E-state index in [4.69, 9.17) is 0 Å². The molecule has 7 nitrogen and oxygen atoms in total. The van der Waals surface area contributed by atoms with Crippen LogP contribution in [0.4, 0.5) is 0 Å². The average Bonchev–Trinajstić information content (AvgIpc) is 2.90. The first-order chi connectivity index (χ1) is 12.6. The first-order valence-corrected chi connectivity index (χ1v) is 9.26. The van der Waals surface area contributed by atoms with Crippen LogP contribution in [-0.2, 0) is 4.79 Å². The highest BCUT2D eigenvalue weighted by atomic mass is 16.2. The van der Waals surface area contributed by atoms with Gasteiger partial charge in [-0.25, -0.2) is 0 Å². The zero-order chi connectivity index (χ0) is 18.5. The summed E-state index contributed by atoms with van der Waals surface area (Å²) >= 11 is 0. The quantitative estimate of drug-likeness (QED) is 0.716. The standard InChI is InChI=1S/C19H26N4O3/c1-2-7-20-17(24)14-22-10-8-21(9-11-22)12-13-23-18(25)15-5-3-4-6-16(15)19(23)26/h3-6H,2,7-14H2,1H3,(H,20,24). The number of piperazine rings is 1. The smallest absolute Gasteiger partial charge is 0.261 e. The lowest BCUT2D eigenvalue weighted by molar-refractivity contribution is -0.122. The number of carbonyl (C=O) groups is 3. The summed E-state index contributed by atoms with van der Waals surface area (Å²) in [6, 6.07) is 6.97. The van der Waals surface area contributed by atoms with Gasteiger partial charge in [-0.3, -0.25) is 29.1 Å². The van der Waals surface area contributed by atoms with Crippen LogP contribution in [0, 0.1) is 0 Å². The molecule has 3 amide bonds. The summed E-state index contributed by atoms with van der Waals surface area (Å²) in [4.78, 5) is 42.3. The summed E-state index contributed by atoms with van der Waals surface area (Å²) in [5.74, 6) is -0.319. The molecule has 1 N–H and O–H groups in total. The Morgan fingerprint density at radius 3 is 2.12 bits per heavy atom. The number of fused-ring (bicyclic) bond motifs is 1. The van der Waals surface area contributed by atoms with E-state index in [1.54, 1.807) is 24.3 Å². The van der Waals surface area contributed by atoms with Gasteiger partial charge in [0.15, 0.2) is 0 Å². The van der Waals surface area contributed by atoms with Gasteiger partial charge in [0.2, 0.25) is 5.91 Å². The minimum absolute atomic E-state index is 0.0753. The number of amides is 3. The SMILES string of the molecule is CCCNC(=O)CN1CCN(CCN2C(=O)c3ccccc3C2=O)CC1. The molecule has 0 spiro atoms. The molecule has 3 rings (SSSR count). The van der Waals surface area contributed by atoms with Gasteiger partial charge in [0.1, 0.15) is 0 Å². The highest BCUT2D eigenvalue weighted by molar-refractivity contribution is 6.21. The molecule has 2 aliphatic heterocycles. The Kier molecular flexibility index (Phi) is 6.00. The van der Waals surface area contributed by atoms with E-state index >= 15 is 0 Å². The minimum atomic E-state index is -0.197. The average molecular weight is 358 g/mol. The van der Waals surface area contributed by atoms with E-state index in [2.05, 4.69) is 15.1 Å². The topological polar surface area (TPSA) is 73.0 Å². The van der Waals surface area contributed by atoms with Crippen molar-refractivity contribution in [1.82, 2.24) is 20.0 Å². The van der Waals surface area contributed by atoms with Crippen molar-refractivity contribution in [3.05, 3.63) is 35.4 Å². The fraction of sp³-hybridized carbons (Fsp3) is 0.526. The van der Waals surface area contributed by atoms with Crippen LogP contribution in [0.1, 0.15) is 34.1 Å². The number of carbonyl (C=O) groups excluding carboxylic acids is 3. The second-order valence-corrected chi connectivity index (χ2v) is 6.78. The molecule has 1 aromatic carbocycles. The monoisotopic (exact) mass is 358 g/mol. The van der Waals surface area contributed by atoms with Crippen molar-refractivity contribution in [2.45, 2.75) is 13.3 Å². The molecule has 26 heavy (non-hydrogen) atoms. The lowest BCUT2D eigenvalue weighted by Crippen LogP contribution is -2.51. The first kappa shape index (κ1) is 18.5. The van der Waals surface area contributed by atoms with Crippen molar-refractivity contribution in [2.24, 2.45) is 0 Å². The van der Waals surface area contributed by atoms with E-state index in [0.29, 0.717) is 30.8 Å². The van der Waals surface area contributed by atoms with Gasteiger partial charge < -0.3 is 5.32 Å². The predicted octanol–water partition coefficient (Wildman–Crippen LogP) is 0.426. The van der Waals surface area contributed by atoms with Crippen LogP contribution in [0.25, 0.3) is 0 Å². The van der Waals surface area contributed by atoms with Crippen LogP contribution in [0.2, 0.25) is 0 Å². The zero-order valence-corrected chi connectivity index (χ0v) is 15.2. The highest BCUT2D eigenvalue weighted by Gasteiger charge is 2.35. The normalized spacial score (nSPS) is 18.3. The van der Waals surface area contributed by atoms with E-state index in [1.165, 1.54) is 4.90 Å².